The fourth-order valence-electron chi connectivity index (χ4n) is 1.91. The van der Waals surface area contributed by atoms with Crippen LogP contribution in [-0.4, -0.2) is 26.6 Å². The normalized spacial score (nSPS) is 10.5. The number of carbonyl (C=O) groups excluding carboxylic acids is 1. The molecule has 0 heterocycles. The molecule has 88 valence electrons. The molecule has 0 aliphatic rings. The maximum absolute atomic E-state index is 12.0. The number of rotatable bonds is 4. The molecule has 0 unspecified atom stereocenters. The van der Waals surface area contributed by atoms with Crippen LogP contribution in [0.3, 0.4) is 0 Å². The van der Waals surface area contributed by atoms with Gasteiger partial charge in [-0.15, -0.1) is 0 Å². The van der Waals surface area contributed by atoms with Crippen molar-refractivity contribution in [1.82, 2.24) is 0 Å². The lowest BCUT2D eigenvalue weighted by Gasteiger charge is -2.10. The molecule has 2 rings (SSSR count). The second kappa shape index (κ2) is 4.97. The van der Waals surface area contributed by atoms with E-state index < -0.39 is 0 Å². The summed E-state index contributed by atoms with van der Waals surface area (Å²) in [5.74, 6) is 0.520. The van der Waals surface area contributed by atoms with Crippen LogP contribution in [0.2, 0.25) is 0 Å². The quantitative estimate of drug-likeness (QED) is 0.757. The van der Waals surface area contributed by atoms with Crippen LogP contribution in [0, 0.1) is 0 Å². The highest BCUT2D eigenvalue weighted by Crippen LogP contribution is 2.28. The van der Waals surface area contributed by atoms with Crippen LogP contribution in [0.5, 0.6) is 5.75 Å². The highest BCUT2D eigenvalue weighted by Gasteiger charge is 2.15. The summed E-state index contributed by atoms with van der Waals surface area (Å²) in [5.41, 5.74) is 0.590. The van der Waals surface area contributed by atoms with Crippen molar-refractivity contribution in [3.63, 3.8) is 0 Å². The molecule has 0 radical (unpaired) electrons. The number of fused-ring (bicyclic) bond motifs is 1. The molecule has 3 heteroatoms. The Hall–Kier alpha value is -1.87. The maximum atomic E-state index is 12.0. The van der Waals surface area contributed by atoms with Crippen molar-refractivity contribution in [3.8, 4) is 5.75 Å². The minimum Gasteiger partial charge on any atom is -0.496 e. The molecule has 0 saturated heterocycles. The standard InChI is InChI=1S/C14H14O3/c1-16-9-12(15)14-11-6-4-3-5-10(11)7-8-13(14)17-2/h3-8H,9H2,1-2H3. The van der Waals surface area contributed by atoms with Gasteiger partial charge in [-0.05, 0) is 16.8 Å². The topological polar surface area (TPSA) is 35.5 Å². The smallest absolute Gasteiger partial charge is 0.192 e. The fraction of sp³-hybridized carbons (Fsp3) is 0.214. The molecule has 0 amide bonds. The number of ether oxygens (including phenoxy) is 2. The van der Waals surface area contributed by atoms with E-state index in [-0.39, 0.29) is 12.4 Å². The first kappa shape index (κ1) is 11.6. The van der Waals surface area contributed by atoms with E-state index in [0.717, 1.165) is 10.8 Å². The van der Waals surface area contributed by atoms with Gasteiger partial charge < -0.3 is 9.47 Å². The van der Waals surface area contributed by atoms with Crippen molar-refractivity contribution < 1.29 is 14.3 Å². The minimum absolute atomic E-state index is 0.0599. The van der Waals surface area contributed by atoms with E-state index in [2.05, 4.69) is 0 Å². The highest BCUT2D eigenvalue weighted by molar-refractivity contribution is 6.11. The Morgan fingerprint density at radius 1 is 1.12 bits per heavy atom. The van der Waals surface area contributed by atoms with E-state index >= 15 is 0 Å². The monoisotopic (exact) mass is 230 g/mol. The molecule has 2 aromatic carbocycles. The molecule has 0 saturated carbocycles. The number of benzene rings is 2. The van der Waals surface area contributed by atoms with E-state index in [0.29, 0.717) is 11.3 Å². The van der Waals surface area contributed by atoms with Crippen LogP contribution in [0.15, 0.2) is 36.4 Å². The molecular weight excluding hydrogens is 216 g/mol. The predicted molar refractivity (Wildman–Crippen MR) is 66.7 cm³/mol. The summed E-state index contributed by atoms with van der Waals surface area (Å²) in [4.78, 5) is 12.0. The lowest BCUT2D eigenvalue weighted by Crippen LogP contribution is -2.09. The molecule has 0 aliphatic heterocycles. The van der Waals surface area contributed by atoms with Gasteiger partial charge in [0.25, 0.3) is 0 Å². The molecular formula is C14H14O3. The molecule has 0 bridgehead atoms. The summed E-state index contributed by atoms with van der Waals surface area (Å²) in [5, 5.41) is 1.92. The van der Waals surface area contributed by atoms with Gasteiger partial charge in [-0.3, -0.25) is 4.79 Å². The molecule has 17 heavy (non-hydrogen) atoms. The summed E-state index contributed by atoms with van der Waals surface area (Å²) < 4.78 is 10.1. The van der Waals surface area contributed by atoms with Crippen molar-refractivity contribution in [2.24, 2.45) is 0 Å². The average molecular weight is 230 g/mol. The van der Waals surface area contributed by atoms with E-state index in [1.807, 2.05) is 36.4 Å². The van der Waals surface area contributed by atoms with Gasteiger partial charge in [0.05, 0.1) is 12.7 Å². The van der Waals surface area contributed by atoms with Crippen molar-refractivity contribution in [2.45, 2.75) is 0 Å². The first-order valence-corrected chi connectivity index (χ1v) is 5.36. The minimum atomic E-state index is -0.0684. The molecule has 0 aromatic heterocycles. The van der Waals surface area contributed by atoms with E-state index in [9.17, 15) is 4.79 Å². The van der Waals surface area contributed by atoms with E-state index in [1.54, 1.807) is 7.11 Å². The summed E-state index contributed by atoms with van der Waals surface area (Å²) in [6.07, 6.45) is 0. The summed E-state index contributed by atoms with van der Waals surface area (Å²) >= 11 is 0. The maximum Gasteiger partial charge on any atom is 0.192 e. The molecule has 0 spiro atoms. The number of hydrogen-bond acceptors (Lipinski definition) is 3. The second-order valence-corrected chi connectivity index (χ2v) is 3.72. The van der Waals surface area contributed by atoms with Crippen LogP contribution in [-0.2, 0) is 4.74 Å². The first-order valence-electron chi connectivity index (χ1n) is 5.36. The Morgan fingerprint density at radius 3 is 2.59 bits per heavy atom. The Kier molecular flexibility index (Phi) is 3.40. The summed E-state index contributed by atoms with van der Waals surface area (Å²) in [6.45, 7) is 0.0599. The SMILES string of the molecule is COCC(=O)c1c(OC)ccc2ccccc12. The second-order valence-electron chi connectivity index (χ2n) is 3.72. The number of carbonyl (C=O) groups is 1. The Labute approximate surface area is 100.0 Å². The van der Waals surface area contributed by atoms with Crippen LogP contribution in [0.4, 0.5) is 0 Å². The fourth-order valence-corrected chi connectivity index (χ4v) is 1.91. The van der Waals surface area contributed by atoms with Gasteiger partial charge in [-0.2, -0.15) is 0 Å². The third kappa shape index (κ3) is 2.15. The van der Waals surface area contributed by atoms with Crippen LogP contribution in [0.1, 0.15) is 10.4 Å². The average Bonchev–Trinajstić information content (AvgIpc) is 2.37. The van der Waals surface area contributed by atoms with Gasteiger partial charge in [-0.1, -0.05) is 30.3 Å². The zero-order valence-corrected chi connectivity index (χ0v) is 9.90. The van der Waals surface area contributed by atoms with Gasteiger partial charge in [-0.25, -0.2) is 0 Å². The summed E-state index contributed by atoms with van der Waals surface area (Å²) in [7, 11) is 3.07. The highest BCUT2D eigenvalue weighted by atomic mass is 16.5. The Bertz CT molecular complexity index is 546. The zero-order chi connectivity index (χ0) is 12.3. The number of hydrogen-bond donors (Lipinski definition) is 0. The van der Waals surface area contributed by atoms with Gasteiger partial charge in [0.2, 0.25) is 0 Å². The van der Waals surface area contributed by atoms with Gasteiger partial charge in [0.15, 0.2) is 5.78 Å². The number of methoxy groups -OCH3 is 2. The van der Waals surface area contributed by atoms with Gasteiger partial charge >= 0.3 is 0 Å². The predicted octanol–water partition coefficient (Wildman–Crippen LogP) is 2.68. The van der Waals surface area contributed by atoms with E-state index in [4.69, 9.17) is 9.47 Å². The summed E-state index contributed by atoms with van der Waals surface area (Å²) in [6, 6.07) is 11.5. The third-order valence-corrected chi connectivity index (χ3v) is 2.66. The molecule has 0 atom stereocenters. The zero-order valence-electron chi connectivity index (χ0n) is 9.90. The Morgan fingerprint density at radius 2 is 1.88 bits per heavy atom. The van der Waals surface area contributed by atoms with Crippen LogP contribution in [0.25, 0.3) is 10.8 Å². The molecule has 0 fully saturated rings. The largest absolute Gasteiger partial charge is 0.496 e. The lowest BCUT2D eigenvalue weighted by atomic mass is 10.0. The molecule has 3 nitrogen and oxygen atoms in total. The number of ketones is 1. The number of Topliss-reactive ketones (excluding diaryl/α,β-unsaturated/α-hetero) is 1. The van der Waals surface area contributed by atoms with Crippen molar-refractivity contribution >= 4 is 16.6 Å². The molecule has 0 aliphatic carbocycles. The first-order chi connectivity index (χ1) is 8.27. The van der Waals surface area contributed by atoms with Crippen LogP contribution >= 0.6 is 0 Å². The van der Waals surface area contributed by atoms with Crippen LogP contribution < -0.4 is 4.74 Å². The molecule has 2 aromatic rings. The molecule has 0 N–H and O–H groups in total. The van der Waals surface area contributed by atoms with Gasteiger partial charge in [0, 0.05) is 7.11 Å². The van der Waals surface area contributed by atoms with Crippen molar-refractivity contribution in [2.75, 3.05) is 20.8 Å². The van der Waals surface area contributed by atoms with E-state index in [1.165, 1.54) is 7.11 Å². The lowest BCUT2D eigenvalue weighted by molar-refractivity contribution is 0.0847. The van der Waals surface area contributed by atoms with Crippen molar-refractivity contribution in [1.29, 1.82) is 0 Å². The third-order valence-electron chi connectivity index (χ3n) is 2.66. The Balaban J connectivity index is 2.67. The van der Waals surface area contributed by atoms with Gasteiger partial charge in [0.1, 0.15) is 12.4 Å². The van der Waals surface area contributed by atoms with Crippen molar-refractivity contribution in [3.05, 3.63) is 42.0 Å².